The van der Waals surface area contributed by atoms with Crippen LogP contribution >= 0.6 is 0 Å². The minimum absolute atomic E-state index is 0.727. The molecule has 0 aromatic heterocycles. The fourth-order valence-corrected chi connectivity index (χ4v) is 5.24. The molecule has 110 valence electrons. The average Bonchev–Trinajstić information content (AvgIpc) is 2.75. The van der Waals surface area contributed by atoms with Crippen LogP contribution in [0.25, 0.3) is 6.08 Å². The highest BCUT2D eigenvalue weighted by atomic mass is 14.4. The summed E-state index contributed by atoms with van der Waals surface area (Å²) in [6.45, 7) is 0. The third-order valence-corrected chi connectivity index (χ3v) is 6.28. The Labute approximate surface area is 132 Å². The van der Waals surface area contributed by atoms with E-state index in [-0.39, 0.29) is 0 Å². The molecule has 1 aromatic carbocycles. The Hall–Kier alpha value is -1.82. The van der Waals surface area contributed by atoms with Gasteiger partial charge in [-0.15, -0.1) is 0 Å². The van der Waals surface area contributed by atoms with Crippen LogP contribution in [0.3, 0.4) is 0 Å². The molecule has 0 saturated heterocycles. The lowest BCUT2D eigenvalue weighted by Crippen LogP contribution is -2.32. The van der Waals surface area contributed by atoms with Gasteiger partial charge in [-0.25, -0.2) is 0 Å². The lowest BCUT2D eigenvalue weighted by atomic mass is 9.61. The summed E-state index contributed by atoms with van der Waals surface area (Å²) in [4.78, 5) is 0. The van der Waals surface area contributed by atoms with Gasteiger partial charge in [-0.1, -0.05) is 66.3 Å². The zero-order valence-corrected chi connectivity index (χ0v) is 12.9. The number of benzene rings is 1. The first-order valence-electron chi connectivity index (χ1n) is 8.73. The van der Waals surface area contributed by atoms with Crippen molar-refractivity contribution in [2.24, 2.45) is 17.8 Å². The lowest BCUT2D eigenvalue weighted by Gasteiger charge is -2.43. The maximum Gasteiger partial charge on any atom is -0.0119 e. The van der Waals surface area contributed by atoms with Crippen LogP contribution in [-0.2, 0) is 0 Å². The van der Waals surface area contributed by atoms with Crippen LogP contribution in [0.1, 0.15) is 42.7 Å². The summed E-state index contributed by atoms with van der Waals surface area (Å²) < 4.78 is 0. The number of fused-ring (bicyclic) bond motifs is 1. The summed E-state index contributed by atoms with van der Waals surface area (Å²) in [7, 11) is 0. The van der Waals surface area contributed by atoms with Crippen LogP contribution in [0.15, 0.2) is 65.8 Å². The van der Waals surface area contributed by atoms with E-state index in [2.05, 4.69) is 60.7 Å². The molecule has 0 N–H and O–H groups in total. The van der Waals surface area contributed by atoms with Crippen molar-refractivity contribution < 1.29 is 0 Å². The van der Waals surface area contributed by atoms with E-state index in [1.807, 2.05) is 0 Å². The van der Waals surface area contributed by atoms with E-state index in [1.165, 1.54) is 30.4 Å². The molecular formula is C22H22. The number of rotatable bonds is 0. The Morgan fingerprint density at radius 1 is 0.864 bits per heavy atom. The summed E-state index contributed by atoms with van der Waals surface area (Å²) in [5.74, 6) is 3.07. The minimum atomic E-state index is 0.727. The van der Waals surface area contributed by atoms with Crippen LogP contribution in [0.4, 0.5) is 0 Å². The average molecular weight is 286 g/mol. The second kappa shape index (κ2) is 4.84. The molecule has 0 nitrogen and oxygen atoms in total. The topological polar surface area (TPSA) is 0 Å². The van der Waals surface area contributed by atoms with E-state index in [1.54, 1.807) is 11.1 Å². The zero-order chi connectivity index (χ0) is 14.5. The molecule has 0 spiro atoms. The van der Waals surface area contributed by atoms with Gasteiger partial charge in [-0.05, 0) is 66.1 Å². The molecule has 1 saturated carbocycles. The van der Waals surface area contributed by atoms with Crippen LogP contribution < -0.4 is 0 Å². The second-order valence-corrected chi connectivity index (χ2v) is 7.32. The highest BCUT2D eigenvalue weighted by Gasteiger charge is 2.40. The molecule has 0 aliphatic heterocycles. The number of hydrogen-bond acceptors (Lipinski definition) is 0. The van der Waals surface area contributed by atoms with Crippen LogP contribution in [-0.4, -0.2) is 0 Å². The number of allylic oxidation sites excluding steroid dienone is 7. The maximum atomic E-state index is 2.51. The van der Waals surface area contributed by atoms with Crippen molar-refractivity contribution in [3.05, 3.63) is 76.9 Å². The van der Waals surface area contributed by atoms with Crippen LogP contribution in [0, 0.1) is 17.8 Å². The predicted octanol–water partition coefficient (Wildman–Crippen LogP) is 5.66. The van der Waals surface area contributed by atoms with Crippen molar-refractivity contribution in [1.82, 2.24) is 0 Å². The Kier molecular flexibility index (Phi) is 2.80. The Morgan fingerprint density at radius 3 is 2.82 bits per heavy atom. The minimum Gasteiger partial charge on any atom is -0.0836 e. The van der Waals surface area contributed by atoms with Gasteiger partial charge in [0.25, 0.3) is 0 Å². The van der Waals surface area contributed by atoms with E-state index in [4.69, 9.17) is 0 Å². The molecule has 1 aromatic rings. The smallest absolute Gasteiger partial charge is 0.0119 e. The van der Waals surface area contributed by atoms with Gasteiger partial charge in [0, 0.05) is 0 Å². The van der Waals surface area contributed by atoms with Gasteiger partial charge >= 0.3 is 0 Å². The fourth-order valence-electron chi connectivity index (χ4n) is 5.24. The summed E-state index contributed by atoms with van der Waals surface area (Å²) in [5.41, 5.74) is 6.24. The van der Waals surface area contributed by atoms with E-state index >= 15 is 0 Å². The Bertz CT molecular complexity index is 728. The summed E-state index contributed by atoms with van der Waals surface area (Å²) in [6, 6.07) is 9.10. The molecule has 6 aliphatic carbocycles. The van der Waals surface area contributed by atoms with Crippen molar-refractivity contribution in [1.29, 1.82) is 0 Å². The highest BCUT2D eigenvalue weighted by molar-refractivity contribution is 5.57. The first kappa shape index (κ1) is 12.7. The molecule has 4 unspecified atom stereocenters. The highest BCUT2D eigenvalue weighted by Crippen LogP contribution is 2.52. The van der Waals surface area contributed by atoms with Crippen LogP contribution in [0.5, 0.6) is 0 Å². The lowest BCUT2D eigenvalue weighted by molar-refractivity contribution is 0.206. The molecule has 0 heteroatoms. The van der Waals surface area contributed by atoms with Gasteiger partial charge in [0.2, 0.25) is 0 Å². The van der Waals surface area contributed by atoms with Gasteiger partial charge in [-0.2, -0.15) is 0 Å². The van der Waals surface area contributed by atoms with E-state index < -0.39 is 0 Å². The van der Waals surface area contributed by atoms with Crippen molar-refractivity contribution in [3.8, 4) is 0 Å². The van der Waals surface area contributed by atoms with Gasteiger partial charge in [0.1, 0.15) is 0 Å². The largest absolute Gasteiger partial charge is 0.0836 e. The fraction of sp³-hybridized carbons (Fsp3) is 0.364. The molecule has 6 bridgehead atoms. The predicted molar refractivity (Wildman–Crippen MR) is 92.5 cm³/mol. The molecule has 0 radical (unpaired) electrons. The summed E-state index contributed by atoms with van der Waals surface area (Å²) in [6.07, 6.45) is 19.6. The molecule has 4 atom stereocenters. The zero-order valence-electron chi connectivity index (χ0n) is 12.9. The SMILES string of the molecule is C1=CC2CC3C/C=C\C1=C1C/C=C\c4ccccc4C3CC12. The number of hydrogen-bond donors (Lipinski definition) is 0. The normalized spacial score (nSPS) is 37.6. The Balaban J connectivity index is 1.75. The molecule has 0 amide bonds. The van der Waals surface area contributed by atoms with E-state index in [9.17, 15) is 0 Å². The molecule has 6 aliphatic rings. The summed E-state index contributed by atoms with van der Waals surface area (Å²) >= 11 is 0. The van der Waals surface area contributed by atoms with E-state index in [0.29, 0.717) is 0 Å². The molecule has 22 heavy (non-hydrogen) atoms. The van der Waals surface area contributed by atoms with Crippen molar-refractivity contribution in [3.63, 3.8) is 0 Å². The Morgan fingerprint density at radius 2 is 1.82 bits per heavy atom. The van der Waals surface area contributed by atoms with Gasteiger partial charge in [-0.3, -0.25) is 0 Å². The standard InChI is InChI=1S/C22H22/c1-2-9-19-15(5-1)7-4-10-20-16-6-3-8-17-13-18(12-11-16)22(20)14-21(17)19/h1-7,9,11-12,17-18,21-22H,8,10,13-14H2/b6-3-,7-4-. The molecule has 7 rings (SSSR count). The van der Waals surface area contributed by atoms with Gasteiger partial charge in [0.15, 0.2) is 0 Å². The van der Waals surface area contributed by atoms with Crippen molar-refractivity contribution in [2.45, 2.75) is 31.6 Å². The second-order valence-electron chi connectivity index (χ2n) is 7.32. The summed E-state index contributed by atoms with van der Waals surface area (Å²) in [5, 5.41) is 0. The first-order valence-corrected chi connectivity index (χ1v) is 8.73. The quantitative estimate of drug-likeness (QED) is 0.577. The van der Waals surface area contributed by atoms with Crippen molar-refractivity contribution in [2.75, 3.05) is 0 Å². The van der Waals surface area contributed by atoms with Crippen molar-refractivity contribution >= 4 is 6.08 Å². The molecule has 1 fully saturated rings. The van der Waals surface area contributed by atoms with Crippen LogP contribution in [0.2, 0.25) is 0 Å². The molecule has 0 heterocycles. The van der Waals surface area contributed by atoms with Gasteiger partial charge < -0.3 is 0 Å². The van der Waals surface area contributed by atoms with Gasteiger partial charge in [0.05, 0.1) is 0 Å². The first-order chi connectivity index (χ1) is 10.9. The third kappa shape index (κ3) is 1.83. The van der Waals surface area contributed by atoms with E-state index in [0.717, 1.165) is 30.1 Å². The molecular weight excluding hydrogens is 264 g/mol. The monoisotopic (exact) mass is 286 g/mol. The third-order valence-electron chi connectivity index (χ3n) is 6.28. The maximum absolute atomic E-state index is 2.51.